The molecule has 2 aliphatic rings. The lowest BCUT2D eigenvalue weighted by Crippen LogP contribution is -2.23. The van der Waals surface area contributed by atoms with Crippen molar-refractivity contribution in [2.24, 2.45) is 10.9 Å². The average Bonchev–Trinajstić information content (AvgIpc) is 2.70. The Morgan fingerprint density at radius 1 is 1.57 bits per heavy atom. The molecule has 0 saturated carbocycles. The number of nitrogens with one attached hydrogen (secondary N) is 1. The zero-order valence-electron chi connectivity index (χ0n) is 8.06. The number of nitriles is 1. The Hall–Kier alpha value is -1.12. The third kappa shape index (κ3) is 1.72. The normalized spacial score (nSPS) is 36.6. The molecule has 3 atom stereocenters. The minimum Gasteiger partial charge on any atom is -0.352 e. The second-order valence-electron chi connectivity index (χ2n) is 3.54. The van der Waals surface area contributed by atoms with E-state index < -0.39 is 0 Å². The van der Waals surface area contributed by atoms with Crippen LogP contribution in [0.2, 0.25) is 0 Å². The van der Waals surface area contributed by atoms with Crippen molar-refractivity contribution in [2.75, 3.05) is 13.2 Å². The van der Waals surface area contributed by atoms with Crippen LogP contribution >= 0.6 is 0 Å². The maximum Gasteiger partial charge on any atom is 0.182 e. The highest BCUT2D eigenvalue weighted by Gasteiger charge is 2.41. The summed E-state index contributed by atoms with van der Waals surface area (Å²) in [4.78, 5) is 4.39. The molecule has 5 nitrogen and oxygen atoms in total. The summed E-state index contributed by atoms with van der Waals surface area (Å²) in [7, 11) is 0. The van der Waals surface area contributed by atoms with Gasteiger partial charge in [0.25, 0.3) is 0 Å². The number of nitrogens with zero attached hydrogens (tertiary/aromatic N) is 2. The molecule has 0 aromatic carbocycles. The zero-order chi connectivity index (χ0) is 9.97. The van der Waals surface area contributed by atoms with Gasteiger partial charge >= 0.3 is 0 Å². The molecule has 0 aliphatic carbocycles. The van der Waals surface area contributed by atoms with E-state index in [1.807, 2.05) is 6.19 Å². The van der Waals surface area contributed by atoms with Gasteiger partial charge in [-0.2, -0.15) is 5.26 Å². The highest BCUT2D eigenvalue weighted by molar-refractivity contribution is 5.81. The number of hydrogen-bond acceptors (Lipinski definition) is 4. The van der Waals surface area contributed by atoms with Gasteiger partial charge in [0.15, 0.2) is 12.5 Å². The largest absolute Gasteiger partial charge is 0.352 e. The minimum atomic E-state index is -0.0707. The summed E-state index contributed by atoms with van der Waals surface area (Å²) in [5, 5.41) is 10.9. The van der Waals surface area contributed by atoms with Crippen molar-refractivity contribution in [3.8, 4) is 6.19 Å². The summed E-state index contributed by atoms with van der Waals surface area (Å²) in [5.74, 6) is 1.01. The Morgan fingerprint density at radius 3 is 3.21 bits per heavy atom. The van der Waals surface area contributed by atoms with Crippen LogP contribution in [0.15, 0.2) is 4.99 Å². The van der Waals surface area contributed by atoms with Crippen LogP contribution in [0.5, 0.6) is 0 Å². The number of amidine groups is 1. The first-order valence-electron chi connectivity index (χ1n) is 4.74. The van der Waals surface area contributed by atoms with Gasteiger partial charge in [0.1, 0.15) is 5.84 Å². The van der Waals surface area contributed by atoms with Gasteiger partial charge in [-0.3, -0.25) is 10.3 Å². The summed E-state index contributed by atoms with van der Waals surface area (Å²) in [5.41, 5.74) is 0. The van der Waals surface area contributed by atoms with E-state index in [0.717, 1.165) is 13.0 Å². The predicted octanol–water partition coefficient (Wildman–Crippen LogP) is 0.237. The lowest BCUT2D eigenvalue weighted by molar-refractivity contribution is -0.0905. The second-order valence-corrected chi connectivity index (χ2v) is 3.54. The molecule has 2 fully saturated rings. The fraction of sp³-hybridized carbons (Fsp3) is 0.778. The van der Waals surface area contributed by atoms with Crippen molar-refractivity contribution < 1.29 is 9.47 Å². The molecule has 5 heteroatoms. The molecule has 2 heterocycles. The first kappa shape index (κ1) is 9.44. The minimum absolute atomic E-state index is 0.0707. The van der Waals surface area contributed by atoms with E-state index in [-0.39, 0.29) is 12.3 Å². The molecule has 0 aromatic rings. The van der Waals surface area contributed by atoms with Gasteiger partial charge in [-0.05, 0) is 13.3 Å². The van der Waals surface area contributed by atoms with Crippen LogP contribution in [0, 0.1) is 17.4 Å². The van der Waals surface area contributed by atoms with Gasteiger partial charge in [-0.15, -0.1) is 0 Å². The first-order valence-corrected chi connectivity index (χ1v) is 4.74. The van der Waals surface area contributed by atoms with Crippen LogP contribution in [0.4, 0.5) is 0 Å². The van der Waals surface area contributed by atoms with Crippen LogP contribution < -0.4 is 5.32 Å². The standard InChI is InChI=1S/C9H13N3O2/c1-6(11-5-10)12-8-4-14-9-7(8)2-3-13-9/h7-9H,2-4H2,1H3,(H,11,12)/t7-,8+,9+/m0/s1. The molecule has 0 amide bonds. The Labute approximate surface area is 82.7 Å². The number of rotatable bonds is 1. The molecular weight excluding hydrogens is 182 g/mol. The Kier molecular flexibility index (Phi) is 2.66. The quantitative estimate of drug-likeness (QED) is 0.281. The highest BCUT2D eigenvalue weighted by atomic mass is 16.7. The van der Waals surface area contributed by atoms with Crippen molar-refractivity contribution >= 4 is 5.84 Å². The molecule has 76 valence electrons. The Bertz CT molecular complexity index is 284. The van der Waals surface area contributed by atoms with Crippen molar-refractivity contribution in [1.29, 1.82) is 5.26 Å². The molecule has 1 N–H and O–H groups in total. The zero-order valence-corrected chi connectivity index (χ0v) is 8.06. The smallest absolute Gasteiger partial charge is 0.182 e. The van der Waals surface area contributed by atoms with E-state index in [1.165, 1.54) is 0 Å². The predicted molar refractivity (Wildman–Crippen MR) is 49.4 cm³/mol. The molecule has 0 spiro atoms. The molecule has 0 aromatic heterocycles. The van der Waals surface area contributed by atoms with Crippen LogP contribution in [0.3, 0.4) is 0 Å². The van der Waals surface area contributed by atoms with Crippen LogP contribution in [0.1, 0.15) is 13.3 Å². The van der Waals surface area contributed by atoms with Gasteiger partial charge < -0.3 is 9.47 Å². The van der Waals surface area contributed by atoms with E-state index in [1.54, 1.807) is 6.92 Å². The Morgan fingerprint density at radius 2 is 2.43 bits per heavy atom. The highest BCUT2D eigenvalue weighted by Crippen LogP contribution is 2.32. The average molecular weight is 195 g/mol. The molecule has 2 rings (SSSR count). The SMILES string of the molecule is CC(=N[C@@H]1CO[C@H]2OCC[C@H]21)NC#N. The van der Waals surface area contributed by atoms with E-state index in [4.69, 9.17) is 14.7 Å². The maximum absolute atomic E-state index is 8.40. The molecule has 2 saturated heterocycles. The summed E-state index contributed by atoms with van der Waals surface area (Å²) in [6.45, 7) is 3.14. The summed E-state index contributed by atoms with van der Waals surface area (Å²) in [6.07, 6.45) is 2.78. The van der Waals surface area contributed by atoms with Crippen molar-refractivity contribution in [2.45, 2.75) is 25.7 Å². The van der Waals surface area contributed by atoms with Gasteiger partial charge in [-0.25, -0.2) is 0 Å². The monoisotopic (exact) mass is 195 g/mol. The molecule has 0 radical (unpaired) electrons. The lowest BCUT2D eigenvalue weighted by Gasteiger charge is -2.10. The molecular formula is C9H13N3O2. The second kappa shape index (κ2) is 3.95. The van der Waals surface area contributed by atoms with E-state index in [2.05, 4.69) is 10.3 Å². The lowest BCUT2D eigenvalue weighted by atomic mass is 10.0. The van der Waals surface area contributed by atoms with Crippen molar-refractivity contribution in [3.63, 3.8) is 0 Å². The third-order valence-electron chi connectivity index (χ3n) is 2.60. The maximum atomic E-state index is 8.40. The van der Waals surface area contributed by atoms with Crippen LogP contribution in [-0.2, 0) is 9.47 Å². The van der Waals surface area contributed by atoms with Crippen LogP contribution in [-0.4, -0.2) is 31.4 Å². The van der Waals surface area contributed by atoms with Gasteiger partial charge in [-0.1, -0.05) is 0 Å². The topological polar surface area (TPSA) is 66.6 Å². The summed E-state index contributed by atoms with van der Waals surface area (Å²) >= 11 is 0. The van der Waals surface area contributed by atoms with Crippen molar-refractivity contribution in [1.82, 2.24) is 5.32 Å². The molecule has 0 unspecified atom stereocenters. The van der Waals surface area contributed by atoms with E-state index in [0.29, 0.717) is 18.4 Å². The Balaban J connectivity index is 1.99. The molecule has 14 heavy (non-hydrogen) atoms. The number of hydrogen-bond donors (Lipinski definition) is 1. The summed E-state index contributed by atoms with van der Waals surface area (Å²) in [6, 6.07) is 0.142. The number of ether oxygens (including phenoxy) is 2. The van der Waals surface area contributed by atoms with Crippen LogP contribution in [0.25, 0.3) is 0 Å². The van der Waals surface area contributed by atoms with Gasteiger partial charge in [0.05, 0.1) is 19.3 Å². The van der Waals surface area contributed by atoms with E-state index in [9.17, 15) is 0 Å². The first-order chi connectivity index (χ1) is 6.81. The number of aliphatic imine (C=N–C) groups is 1. The van der Waals surface area contributed by atoms with Crippen molar-refractivity contribution in [3.05, 3.63) is 0 Å². The van der Waals surface area contributed by atoms with Gasteiger partial charge in [0.2, 0.25) is 0 Å². The van der Waals surface area contributed by atoms with Gasteiger partial charge in [0, 0.05) is 5.92 Å². The fourth-order valence-electron chi connectivity index (χ4n) is 1.94. The molecule has 2 aliphatic heterocycles. The summed E-state index contributed by atoms with van der Waals surface area (Å²) < 4.78 is 10.8. The molecule has 0 bridgehead atoms. The fourth-order valence-corrected chi connectivity index (χ4v) is 1.94. The van der Waals surface area contributed by atoms with E-state index >= 15 is 0 Å². The third-order valence-corrected chi connectivity index (χ3v) is 2.60. The number of fused-ring (bicyclic) bond motifs is 1.